The first-order valence-electron chi connectivity index (χ1n) is 23.9. The summed E-state index contributed by atoms with van der Waals surface area (Å²) in [4.78, 5) is 4.98. The van der Waals surface area contributed by atoms with Gasteiger partial charge < -0.3 is 9.80 Å². The number of hydrogen-bond acceptors (Lipinski definition) is 2. The van der Waals surface area contributed by atoms with Crippen molar-refractivity contribution in [2.24, 2.45) is 0 Å². The van der Waals surface area contributed by atoms with Gasteiger partial charge >= 0.3 is 0 Å². The maximum atomic E-state index is 9.76. The highest BCUT2D eigenvalue weighted by molar-refractivity contribution is 6.83. The number of hydrogen-bond donors (Lipinski definition) is 0. The largest absolute Gasteiger partial charge is 0.344 e. The predicted molar refractivity (Wildman–Crippen MR) is 286 cm³/mol. The Kier molecular flexibility index (Phi) is 11.9. The Bertz CT molecular complexity index is 2820. The van der Waals surface area contributed by atoms with Gasteiger partial charge in [0.05, 0.1) is 12.7 Å². The minimum absolute atomic E-state index is 0.0357. The van der Waals surface area contributed by atoms with Gasteiger partial charge in [0.15, 0.2) is 0 Å². The first-order valence-corrected chi connectivity index (χ1v) is 23.4. The molecule has 1 aliphatic rings. The lowest BCUT2D eigenvalue weighted by Gasteiger charge is -2.43. The molecule has 0 fully saturated rings. The van der Waals surface area contributed by atoms with Crippen molar-refractivity contribution in [2.45, 2.75) is 99.2 Å². The molecule has 7 aromatic carbocycles. The molecule has 0 radical (unpaired) electrons. The van der Waals surface area contributed by atoms with E-state index in [1.165, 1.54) is 44.4 Å². The van der Waals surface area contributed by atoms with Crippen molar-refractivity contribution in [3.8, 4) is 44.5 Å². The average molecular weight is 852 g/mol. The third-order valence-corrected chi connectivity index (χ3v) is 13.4. The van der Waals surface area contributed by atoms with E-state index < -0.39 is 0 Å². The average Bonchev–Trinajstić information content (AvgIpc) is 3.30. The predicted octanol–water partition coefficient (Wildman–Crippen LogP) is 16.9. The van der Waals surface area contributed by atoms with Crippen molar-refractivity contribution in [3.05, 3.63) is 198 Å². The molecule has 0 unspecified atom stereocenters. The smallest absolute Gasteiger partial charge is 0.214 e. The van der Waals surface area contributed by atoms with Crippen LogP contribution < -0.4 is 15.3 Å². The molecule has 65 heavy (non-hydrogen) atoms. The monoisotopic (exact) mass is 852 g/mol. The Labute approximate surface area is 392 Å². The Morgan fingerprint density at radius 3 is 1.22 bits per heavy atom. The zero-order chi connectivity index (χ0) is 47.3. The van der Waals surface area contributed by atoms with Crippen molar-refractivity contribution >= 4 is 34.9 Å². The van der Waals surface area contributed by atoms with E-state index in [2.05, 4.69) is 257 Å². The number of rotatable bonds is 7. The molecule has 0 aliphatic carbocycles. The maximum Gasteiger partial charge on any atom is 0.214 e. The fraction of sp³-hybridized carbons (Fsp3) is 0.258. The zero-order valence-electron chi connectivity index (χ0n) is 42.1. The summed E-state index contributed by atoms with van der Waals surface area (Å²) in [6.45, 7) is 27.3. The van der Waals surface area contributed by atoms with E-state index in [4.69, 9.17) is 0 Å². The summed E-state index contributed by atoms with van der Waals surface area (Å²) in [7, 11) is 2.28. The molecule has 7 aromatic rings. The van der Waals surface area contributed by atoms with Crippen LogP contribution in [-0.2, 0) is 16.2 Å². The normalized spacial score (nSPS) is 14.9. The van der Waals surface area contributed by atoms with Gasteiger partial charge in [-0.2, -0.15) is 0 Å². The van der Waals surface area contributed by atoms with Gasteiger partial charge in [-0.25, -0.2) is 0 Å². The van der Waals surface area contributed by atoms with E-state index in [-0.39, 0.29) is 23.0 Å². The van der Waals surface area contributed by atoms with E-state index >= 15 is 0 Å². The molecule has 0 N–H and O–H groups in total. The molecule has 0 atom stereocenters. The summed E-state index contributed by atoms with van der Waals surface area (Å²) >= 11 is 0. The fourth-order valence-electron chi connectivity index (χ4n) is 9.66. The van der Waals surface area contributed by atoms with E-state index in [1.807, 2.05) is 6.92 Å². The lowest BCUT2D eigenvalue weighted by atomic mass is 9.38. The van der Waals surface area contributed by atoms with Gasteiger partial charge in [-0.15, -0.1) is 0 Å². The first kappa shape index (κ1) is 43.9. The van der Waals surface area contributed by atoms with E-state index in [1.54, 1.807) is 0 Å². The van der Waals surface area contributed by atoms with E-state index in [0.29, 0.717) is 6.05 Å². The second-order valence-electron chi connectivity index (χ2n) is 20.9. The summed E-state index contributed by atoms with van der Waals surface area (Å²) in [5, 5.41) is 0. The van der Waals surface area contributed by atoms with E-state index in [0.717, 1.165) is 56.2 Å². The van der Waals surface area contributed by atoms with Crippen molar-refractivity contribution in [3.63, 3.8) is 0 Å². The Balaban J connectivity index is 1.56. The second-order valence-corrected chi connectivity index (χ2v) is 20.9. The van der Waals surface area contributed by atoms with Crippen LogP contribution in [0.5, 0.6) is 0 Å². The lowest BCUT2D eigenvalue weighted by molar-refractivity contribution is 0.590. The molecule has 0 saturated heterocycles. The highest BCUT2D eigenvalue weighted by Gasteiger charge is 2.40. The summed E-state index contributed by atoms with van der Waals surface area (Å²) in [5.74, 6) is 0. The van der Waals surface area contributed by atoms with Crippen LogP contribution in [0.4, 0.5) is 22.7 Å². The third-order valence-electron chi connectivity index (χ3n) is 13.4. The molecule has 1 aliphatic heterocycles. The highest BCUT2D eigenvalue weighted by Crippen LogP contribution is 2.52. The van der Waals surface area contributed by atoms with Crippen LogP contribution in [0, 0.1) is 0 Å². The molecule has 3 heteroatoms. The quantitative estimate of drug-likeness (QED) is 0.147. The molecule has 0 saturated carbocycles. The fourth-order valence-corrected chi connectivity index (χ4v) is 9.66. The zero-order valence-corrected chi connectivity index (χ0v) is 41.1. The van der Waals surface area contributed by atoms with Crippen LogP contribution in [0.2, 0.25) is 6.82 Å². The minimum Gasteiger partial charge on any atom is -0.344 e. The molecule has 0 spiro atoms. The summed E-state index contributed by atoms with van der Waals surface area (Å²) in [6.07, 6.45) is 2.26. The van der Waals surface area contributed by atoms with Gasteiger partial charge in [-0.3, -0.25) is 0 Å². The van der Waals surface area contributed by atoms with Gasteiger partial charge in [0.2, 0.25) is 6.71 Å². The Morgan fingerprint density at radius 2 is 0.862 bits per heavy atom. The van der Waals surface area contributed by atoms with Gasteiger partial charge in [-0.1, -0.05) is 208 Å². The van der Waals surface area contributed by atoms with Crippen LogP contribution >= 0.6 is 0 Å². The topological polar surface area (TPSA) is 6.48 Å². The molecule has 0 amide bonds. The van der Waals surface area contributed by atoms with Gasteiger partial charge in [0.1, 0.15) is 0 Å². The minimum atomic E-state index is -0.207. The summed E-state index contributed by atoms with van der Waals surface area (Å²) < 4.78 is 9.76. The van der Waals surface area contributed by atoms with Crippen LogP contribution in [0.3, 0.4) is 0 Å². The number of allylic oxidation sites excluding steroid dienone is 3. The molecule has 328 valence electrons. The number of fused-ring (bicyclic) bond motifs is 1. The molecule has 2 nitrogen and oxygen atoms in total. The van der Waals surface area contributed by atoms with Gasteiger partial charge in [0.25, 0.3) is 0 Å². The maximum absolute atomic E-state index is 9.76. The van der Waals surface area contributed by atoms with Crippen molar-refractivity contribution in [1.29, 1.82) is 0 Å². The Hall–Kier alpha value is -6.32. The summed E-state index contributed by atoms with van der Waals surface area (Å²) in [5.41, 5.74) is 20.5. The van der Waals surface area contributed by atoms with Crippen LogP contribution in [0.15, 0.2) is 181 Å². The van der Waals surface area contributed by atoms with Crippen molar-refractivity contribution < 1.29 is 1.37 Å². The van der Waals surface area contributed by atoms with Gasteiger partial charge in [-0.05, 0) is 111 Å². The summed E-state index contributed by atoms with van der Waals surface area (Å²) in [6, 6.07) is 58.7. The molecule has 0 aromatic heterocycles. The number of benzene rings is 7. The molecular weight excluding hydrogens is 784 g/mol. The second kappa shape index (κ2) is 17.6. The first-order chi connectivity index (χ1) is 31.3. The molecule has 1 heterocycles. The lowest BCUT2D eigenvalue weighted by Crippen LogP contribution is -2.45. The van der Waals surface area contributed by atoms with Crippen LogP contribution in [0.1, 0.15) is 94.2 Å². The van der Waals surface area contributed by atoms with Crippen molar-refractivity contribution in [2.75, 3.05) is 16.8 Å². The molecular formula is C62H67BN2. The standard InChI is InChI=1S/C62H67BN2/c1-14-53-54(15-2)65(59-51(44-32-24-18-25-33-44)38-47(61(6,7)8)39-52(59)45-34-26-19-27-35-45)56-41-48(62(9,10)11)40-55(57(56)63(53)12)64(13)58-49(42-28-20-16-21-29-42)36-46(60(3,4)5)37-50(58)43-30-22-17-23-31-43/h14-41H,1-13H3/b53-14+,54-15+/i15D. The highest BCUT2D eigenvalue weighted by atomic mass is 15.2. The SMILES string of the molecule is [2H]/C(C)=C1/C(=C\C)B(C)c2c(N(C)c3c(-c4ccccc4)cc(C(C)(C)C)cc3-c3ccccc3)cc(C(C)(C)C)cc2N1c1c(-c2ccccc2)cc(C(C)(C)C)cc1-c1ccccc1. The Morgan fingerprint density at radius 1 is 0.508 bits per heavy atom. The molecule has 0 bridgehead atoms. The van der Waals surface area contributed by atoms with E-state index in [9.17, 15) is 1.37 Å². The third kappa shape index (κ3) is 8.66. The number of nitrogens with zero attached hydrogens (tertiary/aromatic N) is 2. The number of anilines is 4. The van der Waals surface area contributed by atoms with Gasteiger partial charge in [0, 0.05) is 46.4 Å². The molecule has 8 rings (SSSR count). The van der Waals surface area contributed by atoms with Crippen LogP contribution in [0.25, 0.3) is 44.5 Å². The van der Waals surface area contributed by atoms with Crippen LogP contribution in [-0.4, -0.2) is 13.8 Å². The van der Waals surface area contributed by atoms with Crippen molar-refractivity contribution in [1.82, 2.24) is 0 Å².